The zero-order chi connectivity index (χ0) is 36.7. The van der Waals surface area contributed by atoms with E-state index < -0.39 is 0 Å². The van der Waals surface area contributed by atoms with Crippen molar-refractivity contribution in [2.75, 3.05) is 39.5 Å². The molecule has 0 aromatic carbocycles. The Morgan fingerprint density at radius 3 is 1.29 bits per heavy atom. The zero-order valence-corrected chi connectivity index (χ0v) is 30.6. The molecule has 0 fully saturated rings. The van der Waals surface area contributed by atoms with Gasteiger partial charge >= 0.3 is 17.1 Å². The maximum absolute atomic E-state index is 11.8. The number of aromatic nitrogens is 6. The van der Waals surface area contributed by atoms with E-state index >= 15 is 0 Å². The first kappa shape index (κ1) is 41.9. The molecule has 48 heavy (non-hydrogen) atoms. The lowest BCUT2D eigenvalue weighted by Crippen LogP contribution is -2.40. The summed E-state index contributed by atoms with van der Waals surface area (Å²) >= 11 is 0. The van der Waals surface area contributed by atoms with Gasteiger partial charge in [-0.25, -0.2) is 14.4 Å². The summed E-state index contributed by atoms with van der Waals surface area (Å²) in [5, 5.41) is 0. The Kier molecular flexibility index (Phi) is 17.8. The van der Waals surface area contributed by atoms with Crippen molar-refractivity contribution in [1.29, 1.82) is 0 Å². The predicted molar refractivity (Wildman–Crippen MR) is 187 cm³/mol. The number of hydrogen-bond donors (Lipinski definition) is 0. The van der Waals surface area contributed by atoms with Crippen LogP contribution in [-0.2, 0) is 50.3 Å². The second-order valence-corrected chi connectivity index (χ2v) is 11.6. The van der Waals surface area contributed by atoms with Gasteiger partial charge < -0.3 is 14.4 Å². The van der Waals surface area contributed by atoms with E-state index in [9.17, 15) is 28.8 Å². The van der Waals surface area contributed by atoms with Crippen LogP contribution in [0, 0.1) is 20.8 Å². The molecule has 270 valence electrons. The maximum atomic E-state index is 11.8. The number of likely N-dealkylation sites (N-methyl/N-ethyl adjacent to an activating group) is 1. The van der Waals surface area contributed by atoms with E-state index in [1.165, 1.54) is 30.3 Å². The summed E-state index contributed by atoms with van der Waals surface area (Å²) in [5.74, 6) is 0. The van der Waals surface area contributed by atoms with Crippen LogP contribution in [0.1, 0.15) is 51.3 Å². The van der Waals surface area contributed by atoms with Crippen molar-refractivity contribution >= 4 is 0 Å². The third-order valence-electron chi connectivity index (χ3n) is 7.59. The molecule has 15 heteroatoms. The molecular formula is C33H55N7O8. The van der Waals surface area contributed by atoms with Crippen molar-refractivity contribution < 1.29 is 9.47 Å². The molecule has 15 nitrogen and oxygen atoms in total. The molecule has 0 bridgehead atoms. The summed E-state index contributed by atoms with van der Waals surface area (Å²) in [6.07, 6.45) is 4.94. The smallest absolute Gasteiger partial charge is 0.330 e. The highest BCUT2D eigenvalue weighted by atomic mass is 16.5. The van der Waals surface area contributed by atoms with E-state index in [-0.39, 0.29) is 39.9 Å². The molecule has 3 heterocycles. The van der Waals surface area contributed by atoms with E-state index in [1.807, 2.05) is 20.8 Å². The SMILES string of the molecule is CCN(CC)CCn1cc(C)c(=O)n(C)c1=O.CCOCCn1cc(C)c(=O)n(C)c1=O.Cc1cn(CCOC(C)C)c(=O)n(C)c1=O. The highest BCUT2D eigenvalue weighted by Crippen LogP contribution is 1.92. The van der Waals surface area contributed by atoms with Crippen LogP contribution < -0.4 is 33.7 Å². The monoisotopic (exact) mass is 677 g/mol. The molecule has 3 aromatic rings. The fourth-order valence-corrected chi connectivity index (χ4v) is 4.63. The van der Waals surface area contributed by atoms with E-state index in [2.05, 4.69) is 18.7 Å². The Morgan fingerprint density at radius 1 is 0.604 bits per heavy atom. The molecule has 0 atom stereocenters. The van der Waals surface area contributed by atoms with Gasteiger partial charge in [0.2, 0.25) is 0 Å². The number of nitrogens with zero attached hydrogens (tertiary/aromatic N) is 7. The van der Waals surface area contributed by atoms with Crippen molar-refractivity contribution in [3.8, 4) is 0 Å². The van der Waals surface area contributed by atoms with Gasteiger partial charge in [0.15, 0.2) is 0 Å². The van der Waals surface area contributed by atoms with Crippen LogP contribution in [0.2, 0.25) is 0 Å². The minimum atomic E-state index is -0.303. The Balaban J connectivity index is 0.000000361. The normalized spacial score (nSPS) is 10.9. The van der Waals surface area contributed by atoms with Crippen LogP contribution in [0.15, 0.2) is 47.4 Å². The first-order valence-corrected chi connectivity index (χ1v) is 16.2. The van der Waals surface area contributed by atoms with Gasteiger partial charge in [-0.2, -0.15) is 0 Å². The Bertz CT molecular complexity index is 1820. The van der Waals surface area contributed by atoms with Crippen LogP contribution in [0.3, 0.4) is 0 Å². The lowest BCUT2D eigenvalue weighted by atomic mass is 10.3. The molecule has 0 spiro atoms. The van der Waals surface area contributed by atoms with Gasteiger partial charge in [-0.1, -0.05) is 13.8 Å². The van der Waals surface area contributed by atoms with Gasteiger partial charge in [-0.3, -0.25) is 41.8 Å². The maximum Gasteiger partial charge on any atom is 0.330 e. The summed E-state index contributed by atoms with van der Waals surface area (Å²) in [6.45, 7) is 21.0. The molecule has 0 saturated carbocycles. The van der Waals surface area contributed by atoms with Crippen molar-refractivity contribution in [2.24, 2.45) is 21.1 Å². The molecule has 3 aromatic heterocycles. The number of ether oxygens (including phenoxy) is 2. The number of rotatable bonds is 13. The molecule has 0 amide bonds. The second-order valence-electron chi connectivity index (χ2n) is 11.6. The van der Waals surface area contributed by atoms with Gasteiger partial charge in [0.25, 0.3) is 16.7 Å². The molecule has 0 aliphatic rings. The summed E-state index contributed by atoms with van der Waals surface area (Å²) in [6, 6.07) is 0. The molecular weight excluding hydrogens is 622 g/mol. The lowest BCUT2D eigenvalue weighted by Gasteiger charge is -2.18. The molecule has 0 aliphatic carbocycles. The minimum Gasteiger partial charge on any atom is -0.380 e. The fraction of sp³-hybridized carbons (Fsp3) is 0.636. The standard InChI is InChI=1S/C12H21N3O2.C11H18N2O3.C10H16N2O3/c1-5-14(6-2)7-8-15-9-10(3)11(16)13(4)12(15)17;1-8(2)16-6-5-13-7-9(3)10(14)12(4)11(13)15;1-4-15-6-5-12-7-8(2)9(13)11(3)10(12)14/h9H,5-8H2,1-4H3;7-8H,5-6H2,1-4H3;7H,4-6H2,1-3H3. The van der Waals surface area contributed by atoms with Crippen LogP contribution in [0.5, 0.6) is 0 Å². The highest BCUT2D eigenvalue weighted by molar-refractivity contribution is 5.03. The van der Waals surface area contributed by atoms with E-state index in [1.54, 1.807) is 43.9 Å². The topological polar surface area (TPSA) is 154 Å². The Labute approximate surface area is 281 Å². The minimum absolute atomic E-state index is 0.143. The second kappa shape index (κ2) is 20.3. The van der Waals surface area contributed by atoms with Gasteiger partial charge in [0.1, 0.15) is 0 Å². The van der Waals surface area contributed by atoms with Crippen LogP contribution in [0.25, 0.3) is 0 Å². The molecule has 0 N–H and O–H groups in total. The third-order valence-corrected chi connectivity index (χ3v) is 7.59. The lowest BCUT2D eigenvalue weighted by molar-refractivity contribution is 0.0718. The molecule has 0 unspecified atom stereocenters. The number of aryl methyl sites for hydroxylation is 3. The van der Waals surface area contributed by atoms with Gasteiger partial charge in [0.05, 0.1) is 32.4 Å². The number of hydrogen-bond acceptors (Lipinski definition) is 9. The summed E-state index contributed by atoms with van der Waals surface area (Å²) in [7, 11) is 4.48. The van der Waals surface area contributed by atoms with Gasteiger partial charge in [-0.05, 0) is 54.6 Å². The fourth-order valence-electron chi connectivity index (χ4n) is 4.63. The first-order valence-electron chi connectivity index (χ1n) is 16.2. The Morgan fingerprint density at radius 2 is 0.958 bits per heavy atom. The summed E-state index contributed by atoms with van der Waals surface area (Å²) in [5.41, 5.74) is 0.181. The van der Waals surface area contributed by atoms with Gasteiger partial charge in [0, 0.05) is 76.1 Å². The van der Waals surface area contributed by atoms with Crippen molar-refractivity contribution in [3.63, 3.8) is 0 Å². The molecule has 0 aliphatic heterocycles. The van der Waals surface area contributed by atoms with Crippen molar-refractivity contribution in [3.05, 3.63) is 97.8 Å². The van der Waals surface area contributed by atoms with Crippen LogP contribution in [0.4, 0.5) is 0 Å². The third kappa shape index (κ3) is 12.2. The first-order chi connectivity index (χ1) is 22.5. The van der Waals surface area contributed by atoms with Crippen molar-refractivity contribution in [2.45, 2.75) is 81.1 Å². The molecule has 0 saturated heterocycles. The highest BCUT2D eigenvalue weighted by Gasteiger charge is 2.08. The average Bonchev–Trinajstić information content (AvgIpc) is 3.06. The van der Waals surface area contributed by atoms with Crippen LogP contribution >= 0.6 is 0 Å². The van der Waals surface area contributed by atoms with E-state index in [0.717, 1.165) is 33.3 Å². The Hall–Kier alpha value is -4.08. The molecule has 0 radical (unpaired) electrons. The zero-order valence-electron chi connectivity index (χ0n) is 30.6. The summed E-state index contributed by atoms with van der Waals surface area (Å²) < 4.78 is 18.5. The van der Waals surface area contributed by atoms with Gasteiger partial charge in [-0.15, -0.1) is 0 Å². The quantitative estimate of drug-likeness (QED) is 0.234. The van der Waals surface area contributed by atoms with E-state index in [4.69, 9.17) is 9.47 Å². The van der Waals surface area contributed by atoms with Crippen LogP contribution in [-0.4, -0.2) is 77.9 Å². The van der Waals surface area contributed by atoms with Crippen molar-refractivity contribution in [1.82, 2.24) is 32.3 Å². The van der Waals surface area contributed by atoms with E-state index in [0.29, 0.717) is 56.1 Å². The summed E-state index contributed by atoms with van der Waals surface area (Å²) in [4.78, 5) is 71.7. The average molecular weight is 678 g/mol. The predicted octanol–water partition coefficient (Wildman–Crippen LogP) is 0.370. The largest absolute Gasteiger partial charge is 0.380 e. The molecule has 3 rings (SSSR count).